The Balaban J connectivity index is 0.000000523. The number of carbonyl (C=O) groups excluding carboxylic acids is 2. The molecule has 10 rings (SSSR count). The number of rotatable bonds is 20. The van der Waals surface area contributed by atoms with Crippen molar-refractivity contribution in [2.24, 2.45) is 16.7 Å². The van der Waals surface area contributed by atoms with Crippen LogP contribution in [0.1, 0.15) is 115 Å². The molecule has 29 nitrogen and oxygen atoms in total. The first kappa shape index (κ1) is 95.7. The molecule has 107 heavy (non-hydrogen) atoms. The summed E-state index contributed by atoms with van der Waals surface area (Å²) in [4.78, 5) is 32.6. The summed E-state index contributed by atoms with van der Waals surface area (Å²) in [5, 5.41) is 81.0. The number of aliphatic hydroxyl groups is 5. The van der Waals surface area contributed by atoms with Crippen molar-refractivity contribution < 1.29 is 120 Å². The van der Waals surface area contributed by atoms with E-state index in [-0.39, 0.29) is 110 Å². The van der Waals surface area contributed by atoms with E-state index in [1.54, 1.807) is 76.2 Å². The Hall–Kier alpha value is -7.41. The van der Waals surface area contributed by atoms with Gasteiger partial charge < -0.3 is 92.6 Å². The van der Waals surface area contributed by atoms with Crippen molar-refractivity contribution in [1.29, 1.82) is 10.5 Å². The minimum absolute atomic E-state index is 0. The topological polar surface area (TPSA) is 425 Å². The van der Waals surface area contributed by atoms with Crippen LogP contribution in [0, 0.1) is 74.4 Å². The number of nitrogens with one attached hydrogen (secondary N) is 1. The fraction of sp³-hybridized carbons (Fsp3) is 0.493. The summed E-state index contributed by atoms with van der Waals surface area (Å²) in [6.45, 7) is 21.2. The Labute approximate surface area is 640 Å². The van der Waals surface area contributed by atoms with Gasteiger partial charge in [-0.05, 0) is 79.1 Å². The second kappa shape index (κ2) is 41.4. The standard InChI is InChI=1S/C27H34N5O8P.C20H21F5NO5P.C12H13N5O4.C4H8O.C4H9.2CH4.ClH.Mg/c1-17(25(35)37-15-26(2,3)4)13-41(36,40-18-8-6-5-7-9-18)38-12-20-22(33)23(34)27(14-28,39-20)21-11-10-19-24(29)30-16-31-32(19)21;1-11(19(27)29-10-20(2,3)4)26-32(28,30-12-8-6-5-7-9-12)31-18-16(24)14(22)13(21)15(23)17(18)25;13-4-12(10(20)9(19)7(3-18)21-12)8-2-1-6-11(14)15-5-16-17(6)8;1-2-4-5-3-1;1-4(2)3;;;;/h5-11,16-17,20,22-23,33-34H,12-13,15H2,1-4H3,(H2,29,30,31);5-9,11H,10H2,1-4H3,(H,26,28);1-2,5,7,9-10,18-20H,3H2,(H2,14,15,16);1-4H2;1-3H3;2*1H4;1H;/q;;;;-1;;;;+2/p-1/t17-,20-,22-,23-,27+,41+;11-,32-;7-,9-,10-,12+;;;;;;/m101....../s1. The first-order valence-corrected chi connectivity index (χ1v) is 35.3. The van der Waals surface area contributed by atoms with E-state index in [9.17, 15) is 76.7 Å². The molecule has 0 aliphatic carbocycles. The van der Waals surface area contributed by atoms with E-state index in [2.05, 4.69) is 50.5 Å². The molecule has 0 bridgehead atoms. The number of carbonyl (C=O) groups is 2. The third-order valence-electron chi connectivity index (χ3n) is 14.7. The van der Waals surface area contributed by atoms with Crippen molar-refractivity contribution in [3.8, 4) is 29.4 Å². The molecule has 0 amide bonds. The number of aromatic nitrogens is 6. The van der Waals surface area contributed by atoms with Crippen molar-refractivity contribution >= 4 is 73.0 Å². The smallest absolute Gasteiger partial charge is 1.00 e. The van der Waals surface area contributed by atoms with Gasteiger partial charge in [0.2, 0.25) is 46.0 Å². The third kappa shape index (κ3) is 24.8. The number of para-hydroxylation sites is 2. The van der Waals surface area contributed by atoms with Gasteiger partial charge in [-0.25, -0.2) is 41.3 Å². The van der Waals surface area contributed by atoms with Gasteiger partial charge in [-0.1, -0.05) is 99.7 Å². The van der Waals surface area contributed by atoms with E-state index < -0.39 is 141 Å². The number of ether oxygens (including phenoxy) is 5. The molecule has 0 radical (unpaired) electrons. The molecule has 10 N–H and O–H groups in total. The summed E-state index contributed by atoms with van der Waals surface area (Å²) in [7, 11) is -9.00. The Morgan fingerprint density at radius 1 is 0.673 bits per heavy atom. The molecular formula is C69H93ClF5MgN11O18P2. The molecule has 3 fully saturated rings. The summed E-state index contributed by atoms with van der Waals surface area (Å²) in [6.07, 6.45) is -4.02. The van der Waals surface area contributed by atoms with Crippen LogP contribution in [0.5, 0.6) is 17.2 Å². The zero-order valence-corrected chi connectivity index (χ0v) is 63.3. The van der Waals surface area contributed by atoms with E-state index in [0.717, 1.165) is 13.2 Å². The first-order chi connectivity index (χ1) is 48.3. The molecule has 4 aromatic heterocycles. The van der Waals surface area contributed by atoms with Crippen molar-refractivity contribution in [1.82, 2.24) is 34.3 Å². The maximum absolute atomic E-state index is 14.1. The molecule has 3 aromatic carbocycles. The monoisotopic (exact) mass is 1580 g/mol. The number of hydrogen-bond donors (Lipinski definition) is 8. The van der Waals surface area contributed by atoms with Gasteiger partial charge in [0, 0.05) is 13.2 Å². The van der Waals surface area contributed by atoms with Gasteiger partial charge in [-0.2, -0.15) is 55.4 Å². The van der Waals surface area contributed by atoms with Crippen LogP contribution in [0.3, 0.4) is 0 Å². The molecule has 3 aliphatic heterocycles. The Morgan fingerprint density at radius 3 is 1.47 bits per heavy atom. The average molecular weight is 1580 g/mol. The molecule has 7 aromatic rings. The van der Waals surface area contributed by atoms with Gasteiger partial charge >= 0.3 is 50.3 Å². The predicted molar refractivity (Wildman–Crippen MR) is 379 cm³/mol. The van der Waals surface area contributed by atoms with Gasteiger partial charge in [0.05, 0.1) is 49.9 Å². The fourth-order valence-corrected chi connectivity index (χ4v) is 13.0. The number of nitrogens with two attached hydrogens (primary N) is 2. The van der Waals surface area contributed by atoms with Crippen LogP contribution in [0.4, 0.5) is 33.6 Å². The van der Waals surface area contributed by atoms with Crippen LogP contribution < -0.4 is 42.5 Å². The van der Waals surface area contributed by atoms with E-state index >= 15 is 0 Å². The maximum Gasteiger partial charge on any atom is 2.00 e. The Morgan fingerprint density at radius 2 is 1.07 bits per heavy atom. The number of halogens is 6. The number of benzene rings is 3. The molecule has 12 atom stereocenters. The van der Waals surface area contributed by atoms with Crippen LogP contribution in [0.2, 0.25) is 0 Å². The molecule has 7 heterocycles. The number of nitriles is 2. The second-order valence-corrected chi connectivity index (χ2v) is 30.3. The molecule has 0 saturated carbocycles. The van der Waals surface area contributed by atoms with Crippen LogP contribution >= 0.6 is 15.3 Å². The Kier molecular flexibility index (Phi) is 37.0. The number of nitrogen functional groups attached to an aromatic ring is 2. The molecule has 3 aliphatic rings. The van der Waals surface area contributed by atoms with E-state index in [1.807, 2.05) is 32.9 Å². The SMILES string of the molecule is C.C.C1CCOC1.C[C-](C)C.C[C@H](C[P@](=O)(OC[C@H]1O[C@@](C#N)(c2ccc3c(N)ncnn23)[C@H](O)[C@@H]1O)Oc1ccccc1)C(=O)OCC(C)(C)C.C[C@H](N[P@](=O)(Oc1ccccc1)Oc1c(F)c(F)c(F)c(F)c1F)C(=O)OCC(C)(C)C.N#C[C@@]1(c2ccc3c(N)ncnn23)O[C@H](CO)[C@@H](O)[C@H]1O.[Cl-].[Mg+2]. The van der Waals surface area contributed by atoms with E-state index in [4.69, 9.17) is 48.7 Å². The van der Waals surface area contributed by atoms with E-state index in [1.165, 1.54) is 83.8 Å². The number of nitrogens with zero attached hydrogens (tertiary/aromatic N) is 8. The second-order valence-electron chi connectivity index (χ2n) is 26.7. The van der Waals surface area contributed by atoms with Gasteiger partial charge in [-0.15, -0.1) is 0 Å². The number of aliphatic hydroxyl groups excluding tert-OH is 5. The summed E-state index contributed by atoms with van der Waals surface area (Å²) < 4.78 is 146. The molecule has 38 heteroatoms. The van der Waals surface area contributed by atoms with Gasteiger partial charge in [-0.3, -0.25) is 14.1 Å². The minimum atomic E-state index is -4.93. The zero-order valence-electron chi connectivity index (χ0n) is 59.4. The molecule has 3 saturated heterocycles. The van der Waals surface area contributed by atoms with Crippen molar-refractivity contribution in [3.05, 3.63) is 144 Å². The summed E-state index contributed by atoms with van der Waals surface area (Å²) in [5.41, 5.74) is 8.18. The third-order valence-corrected chi connectivity index (χ3v) is 18.3. The molecular weight excluding hydrogens is 1490 g/mol. The van der Waals surface area contributed by atoms with Gasteiger partial charge in [0.1, 0.15) is 90.0 Å². The Bertz CT molecular complexity index is 4160. The predicted octanol–water partition coefficient (Wildman–Crippen LogP) is 6.64. The number of hydrogen-bond acceptors (Lipinski definition) is 26. The molecule has 0 unspecified atom stereocenters. The summed E-state index contributed by atoms with van der Waals surface area (Å²) in [5.74, 6) is -14.1. The number of fused-ring (bicyclic) bond motifs is 2. The van der Waals surface area contributed by atoms with Crippen molar-refractivity contribution in [3.63, 3.8) is 0 Å². The first-order valence-electron chi connectivity index (χ1n) is 32.0. The van der Waals surface area contributed by atoms with Gasteiger partial charge in [0.15, 0.2) is 11.6 Å². The van der Waals surface area contributed by atoms with Crippen LogP contribution in [-0.2, 0) is 58.1 Å². The zero-order chi connectivity index (χ0) is 76.6. The quantitative estimate of drug-likeness (QED) is 0.00754. The van der Waals surface area contributed by atoms with Gasteiger partial charge in [0.25, 0.3) is 0 Å². The average Bonchev–Trinajstić information content (AvgIpc) is 1.57. The van der Waals surface area contributed by atoms with Crippen molar-refractivity contribution in [2.75, 3.05) is 57.3 Å². The normalized spacial score (nSPS) is 21.6. The molecule has 586 valence electrons. The van der Waals surface area contributed by atoms with Crippen molar-refractivity contribution in [2.45, 2.75) is 158 Å². The van der Waals surface area contributed by atoms with Crippen LogP contribution in [0.25, 0.3) is 11.0 Å². The summed E-state index contributed by atoms with van der Waals surface area (Å²) >= 11 is 0. The van der Waals surface area contributed by atoms with Crippen LogP contribution in [0.15, 0.2) is 97.6 Å². The number of esters is 2. The number of anilines is 2. The molecule has 0 spiro atoms. The van der Waals surface area contributed by atoms with E-state index in [0.29, 0.717) is 11.0 Å². The largest absolute Gasteiger partial charge is 2.00 e. The fourth-order valence-electron chi connectivity index (χ4n) is 9.59. The van der Waals surface area contributed by atoms with Crippen LogP contribution in [-0.4, -0.2) is 178 Å². The summed E-state index contributed by atoms with van der Waals surface area (Å²) in [6, 6.07) is 23.9. The minimum Gasteiger partial charge on any atom is -1.00 e. The maximum atomic E-state index is 14.1.